The van der Waals surface area contributed by atoms with Crippen molar-refractivity contribution < 1.29 is 4.79 Å². The van der Waals surface area contributed by atoms with Gasteiger partial charge >= 0.3 is 0 Å². The highest BCUT2D eigenvalue weighted by atomic mass is 79.9. The van der Waals surface area contributed by atoms with E-state index in [1.54, 1.807) is 47.0 Å². The third-order valence-electron chi connectivity index (χ3n) is 2.79. The number of thiazole rings is 1. The summed E-state index contributed by atoms with van der Waals surface area (Å²) in [4.78, 5) is 17.7. The van der Waals surface area contributed by atoms with Crippen LogP contribution in [-0.4, -0.2) is 10.8 Å². The minimum absolute atomic E-state index is 0.0202. The highest BCUT2D eigenvalue weighted by Gasteiger charge is 2.05. The summed E-state index contributed by atoms with van der Waals surface area (Å²) < 4.78 is 0.961. The number of benzene rings is 1. The Morgan fingerprint density at radius 1 is 1.14 bits per heavy atom. The molecule has 2 nitrogen and oxygen atoms in total. The fourth-order valence-electron chi connectivity index (χ4n) is 1.75. The zero-order valence-corrected chi connectivity index (χ0v) is 14.0. The third kappa shape index (κ3) is 3.56. The standard InChI is InChI=1S/C16H10BrNOS2/c17-12-5-3-11(4-6-12)14(19)8-7-13-10-21-16(18-13)15-2-1-9-20-15/h1-10H/b8-7+. The summed E-state index contributed by atoms with van der Waals surface area (Å²) in [6.45, 7) is 0. The van der Waals surface area contributed by atoms with E-state index in [4.69, 9.17) is 0 Å². The maximum absolute atomic E-state index is 12.0. The predicted octanol–water partition coefficient (Wildman–Crippen LogP) is 5.53. The lowest BCUT2D eigenvalue weighted by molar-refractivity contribution is 0.104. The van der Waals surface area contributed by atoms with Crippen molar-refractivity contribution >= 4 is 50.5 Å². The Balaban J connectivity index is 1.74. The molecule has 0 bridgehead atoms. The van der Waals surface area contributed by atoms with E-state index in [0.29, 0.717) is 5.56 Å². The quantitative estimate of drug-likeness (QED) is 0.443. The van der Waals surface area contributed by atoms with Gasteiger partial charge in [-0.2, -0.15) is 0 Å². The van der Waals surface area contributed by atoms with Crippen LogP contribution in [0.15, 0.2) is 57.7 Å². The molecular formula is C16H10BrNOS2. The number of nitrogens with zero attached hydrogens (tertiary/aromatic N) is 1. The molecule has 2 heterocycles. The maximum Gasteiger partial charge on any atom is 0.185 e. The molecule has 3 rings (SSSR count). The Labute approximate surface area is 138 Å². The zero-order chi connectivity index (χ0) is 14.7. The lowest BCUT2D eigenvalue weighted by Gasteiger charge is -1.95. The van der Waals surface area contributed by atoms with Gasteiger partial charge in [-0.3, -0.25) is 4.79 Å². The molecule has 0 spiro atoms. The van der Waals surface area contributed by atoms with Gasteiger partial charge in [-0.05, 0) is 47.9 Å². The number of ketones is 1. The van der Waals surface area contributed by atoms with E-state index < -0.39 is 0 Å². The predicted molar refractivity (Wildman–Crippen MR) is 92.9 cm³/mol. The molecule has 0 radical (unpaired) electrons. The first-order valence-electron chi connectivity index (χ1n) is 6.20. The van der Waals surface area contributed by atoms with E-state index in [1.807, 2.05) is 35.0 Å². The van der Waals surface area contributed by atoms with Gasteiger partial charge in [0.2, 0.25) is 0 Å². The van der Waals surface area contributed by atoms with Crippen LogP contribution in [0.2, 0.25) is 0 Å². The minimum atomic E-state index is -0.0202. The Hall–Kier alpha value is -1.56. The van der Waals surface area contributed by atoms with E-state index in [0.717, 1.165) is 20.1 Å². The van der Waals surface area contributed by atoms with Crippen LogP contribution in [-0.2, 0) is 0 Å². The van der Waals surface area contributed by atoms with Gasteiger partial charge in [-0.1, -0.05) is 22.0 Å². The van der Waals surface area contributed by atoms with Crippen LogP contribution < -0.4 is 0 Å². The van der Waals surface area contributed by atoms with Crippen LogP contribution in [0.25, 0.3) is 16.0 Å². The molecule has 2 aromatic heterocycles. The normalized spacial score (nSPS) is 11.1. The molecule has 1 aromatic carbocycles. The van der Waals surface area contributed by atoms with Crippen LogP contribution in [0.4, 0.5) is 0 Å². The van der Waals surface area contributed by atoms with Crippen molar-refractivity contribution in [2.75, 3.05) is 0 Å². The molecule has 0 unspecified atom stereocenters. The van der Waals surface area contributed by atoms with Gasteiger partial charge in [-0.25, -0.2) is 4.98 Å². The number of aromatic nitrogens is 1. The van der Waals surface area contributed by atoms with E-state index in [2.05, 4.69) is 20.9 Å². The molecule has 5 heteroatoms. The number of thiophene rings is 1. The van der Waals surface area contributed by atoms with Crippen molar-refractivity contribution in [2.24, 2.45) is 0 Å². The first-order valence-corrected chi connectivity index (χ1v) is 8.75. The molecule has 0 N–H and O–H groups in total. The molecule has 0 fully saturated rings. The van der Waals surface area contributed by atoms with Gasteiger partial charge in [0.05, 0.1) is 10.6 Å². The molecule has 0 atom stereocenters. The van der Waals surface area contributed by atoms with Crippen molar-refractivity contribution in [3.8, 4) is 9.88 Å². The summed E-state index contributed by atoms with van der Waals surface area (Å²) in [6, 6.07) is 11.4. The Morgan fingerprint density at radius 3 is 2.67 bits per heavy atom. The minimum Gasteiger partial charge on any atom is -0.289 e. The number of allylic oxidation sites excluding steroid dienone is 1. The first-order chi connectivity index (χ1) is 10.2. The summed E-state index contributed by atoms with van der Waals surface area (Å²) in [5.74, 6) is -0.0202. The molecule has 0 saturated heterocycles. The van der Waals surface area contributed by atoms with Gasteiger partial charge in [-0.15, -0.1) is 22.7 Å². The van der Waals surface area contributed by atoms with Gasteiger partial charge < -0.3 is 0 Å². The second-order valence-electron chi connectivity index (χ2n) is 4.26. The average molecular weight is 376 g/mol. The van der Waals surface area contributed by atoms with Crippen LogP contribution in [0.5, 0.6) is 0 Å². The SMILES string of the molecule is O=C(/C=C/c1csc(-c2cccs2)n1)c1ccc(Br)cc1. The second-order valence-corrected chi connectivity index (χ2v) is 6.98. The van der Waals surface area contributed by atoms with Crippen molar-refractivity contribution in [3.05, 3.63) is 69.0 Å². The second kappa shape index (κ2) is 6.47. The fourth-order valence-corrected chi connectivity index (χ4v) is 3.61. The van der Waals surface area contributed by atoms with Crippen LogP contribution in [0.1, 0.15) is 16.1 Å². The summed E-state index contributed by atoms with van der Waals surface area (Å²) in [5, 5.41) is 4.98. The lowest BCUT2D eigenvalue weighted by atomic mass is 10.1. The molecule has 0 aliphatic heterocycles. The van der Waals surface area contributed by atoms with Crippen molar-refractivity contribution in [1.82, 2.24) is 4.98 Å². The summed E-state index contributed by atoms with van der Waals surface area (Å²) >= 11 is 6.61. The van der Waals surface area contributed by atoms with Crippen LogP contribution >= 0.6 is 38.6 Å². The Morgan fingerprint density at radius 2 is 1.95 bits per heavy atom. The van der Waals surface area contributed by atoms with Gasteiger partial charge in [0, 0.05) is 15.4 Å². The summed E-state index contributed by atoms with van der Waals surface area (Å²) in [6.07, 6.45) is 3.33. The number of hydrogen-bond donors (Lipinski definition) is 0. The van der Waals surface area contributed by atoms with E-state index in [-0.39, 0.29) is 5.78 Å². The number of carbonyl (C=O) groups excluding carboxylic acids is 1. The first kappa shape index (κ1) is 14.4. The third-order valence-corrected chi connectivity index (χ3v) is 5.22. The van der Waals surface area contributed by atoms with Crippen molar-refractivity contribution in [3.63, 3.8) is 0 Å². The highest BCUT2D eigenvalue weighted by Crippen LogP contribution is 2.28. The number of carbonyl (C=O) groups is 1. The zero-order valence-electron chi connectivity index (χ0n) is 10.8. The molecular weight excluding hydrogens is 366 g/mol. The molecule has 0 saturated carbocycles. The number of rotatable bonds is 4. The summed E-state index contributed by atoms with van der Waals surface area (Å²) in [7, 11) is 0. The monoisotopic (exact) mass is 375 g/mol. The van der Waals surface area contributed by atoms with Gasteiger partial charge in [0.15, 0.2) is 5.78 Å². The molecule has 0 amide bonds. The number of halogens is 1. The van der Waals surface area contributed by atoms with Gasteiger partial charge in [0.1, 0.15) is 5.01 Å². The summed E-state index contributed by atoms with van der Waals surface area (Å²) in [5.41, 5.74) is 1.48. The average Bonchev–Trinajstić information content (AvgIpc) is 3.16. The molecule has 0 aliphatic carbocycles. The maximum atomic E-state index is 12.0. The largest absolute Gasteiger partial charge is 0.289 e. The lowest BCUT2D eigenvalue weighted by Crippen LogP contribution is -1.93. The molecule has 0 aliphatic rings. The van der Waals surface area contributed by atoms with E-state index in [1.165, 1.54) is 0 Å². The van der Waals surface area contributed by atoms with E-state index >= 15 is 0 Å². The van der Waals surface area contributed by atoms with Crippen LogP contribution in [0.3, 0.4) is 0 Å². The topological polar surface area (TPSA) is 30.0 Å². The Kier molecular flexibility index (Phi) is 4.43. The fraction of sp³-hybridized carbons (Fsp3) is 0. The molecule has 21 heavy (non-hydrogen) atoms. The van der Waals surface area contributed by atoms with Gasteiger partial charge in [0.25, 0.3) is 0 Å². The smallest absolute Gasteiger partial charge is 0.185 e. The number of hydrogen-bond acceptors (Lipinski definition) is 4. The molecule has 104 valence electrons. The molecule has 3 aromatic rings. The van der Waals surface area contributed by atoms with Crippen LogP contribution in [0, 0.1) is 0 Å². The van der Waals surface area contributed by atoms with Crippen molar-refractivity contribution in [1.29, 1.82) is 0 Å². The van der Waals surface area contributed by atoms with E-state index in [9.17, 15) is 4.79 Å². The highest BCUT2D eigenvalue weighted by molar-refractivity contribution is 9.10. The Bertz CT molecular complexity index is 773. The van der Waals surface area contributed by atoms with Crippen molar-refractivity contribution in [2.45, 2.75) is 0 Å².